The molecule has 0 bridgehead atoms. The van der Waals surface area contributed by atoms with Gasteiger partial charge >= 0.3 is 0 Å². The number of sulfonamides is 1. The van der Waals surface area contributed by atoms with Crippen molar-refractivity contribution in [3.8, 4) is 0 Å². The molecule has 0 fully saturated rings. The van der Waals surface area contributed by atoms with Crippen molar-refractivity contribution in [2.24, 2.45) is 5.73 Å². The van der Waals surface area contributed by atoms with Crippen LogP contribution in [0.15, 0.2) is 35.0 Å². The fourth-order valence-electron chi connectivity index (χ4n) is 2.73. The average Bonchev–Trinajstić information content (AvgIpc) is 2.82. The molecule has 2 N–H and O–H groups in total. The summed E-state index contributed by atoms with van der Waals surface area (Å²) in [5.41, 5.74) is 8.54. The molecule has 0 aliphatic rings. The van der Waals surface area contributed by atoms with Crippen molar-refractivity contribution < 1.29 is 12.8 Å². The maximum Gasteiger partial charge on any atom is 0.244 e. The molecule has 1 aromatic carbocycles. The Balaban J connectivity index is 2.31. The molecule has 0 spiro atoms. The summed E-state index contributed by atoms with van der Waals surface area (Å²) in [6, 6.07) is 4.81. The molecule has 2 rings (SSSR count). The molecule has 0 saturated carbocycles. The number of hydrogen-bond donors (Lipinski definition) is 1. The second kappa shape index (κ2) is 8.52. The average molecular weight is 415 g/mol. The smallest absolute Gasteiger partial charge is 0.244 e. The van der Waals surface area contributed by atoms with E-state index in [1.165, 1.54) is 26.2 Å². The van der Waals surface area contributed by atoms with Crippen molar-refractivity contribution in [3.63, 3.8) is 0 Å². The van der Waals surface area contributed by atoms with E-state index < -0.39 is 10.0 Å². The molecule has 27 heavy (non-hydrogen) atoms. The van der Waals surface area contributed by atoms with Gasteiger partial charge in [-0.25, -0.2) is 17.1 Å². The zero-order valence-electron chi connectivity index (χ0n) is 15.8. The van der Waals surface area contributed by atoms with Crippen molar-refractivity contribution in [3.05, 3.63) is 57.6 Å². The molecule has 2 aromatic rings. The van der Waals surface area contributed by atoms with E-state index in [9.17, 15) is 12.8 Å². The van der Waals surface area contributed by atoms with E-state index in [1.807, 2.05) is 13.8 Å². The number of hydrogen-bond acceptors (Lipinski definition) is 4. The van der Waals surface area contributed by atoms with Crippen LogP contribution in [0.25, 0.3) is 0 Å². The number of nitrogens with zero attached hydrogens (tertiary/aromatic N) is 3. The van der Waals surface area contributed by atoms with Crippen molar-refractivity contribution in [1.82, 2.24) is 14.1 Å². The largest absolute Gasteiger partial charge is 0.327 e. The molecule has 9 heteroatoms. The molecule has 6 nitrogen and oxygen atoms in total. The van der Waals surface area contributed by atoms with Gasteiger partial charge in [-0.05, 0) is 37.6 Å². The predicted octanol–water partition coefficient (Wildman–Crippen LogP) is 2.81. The molecule has 0 atom stereocenters. The van der Waals surface area contributed by atoms with Gasteiger partial charge in [0.1, 0.15) is 10.7 Å². The Labute approximate surface area is 164 Å². The molecule has 148 valence electrons. The van der Waals surface area contributed by atoms with Crippen LogP contribution in [0, 0.1) is 13.8 Å². The highest BCUT2D eigenvalue weighted by Crippen LogP contribution is 2.26. The van der Waals surface area contributed by atoms with Crippen LogP contribution in [0.2, 0.25) is 5.02 Å². The fraction of sp³-hybridized carbons (Fsp3) is 0.389. The van der Waals surface area contributed by atoms with Gasteiger partial charge in [0.25, 0.3) is 0 Å². The fourth-order valence-corrected chi connectivity index (χ4v) is 4.17. The molecule has 1 heterocycles. The summed E-state index contributed by atoms with van der Waals surface area (Å²) < 4.78 is 41.2. The number of rotatable bonds is 7. The summed E-state index contributed by atoms with van der Waals surface area (Å²) in [6.45, 7) is 4.25. The third-order valence-electron chi connectivity index (χ3n) is 4.30. The molecule has 0 unspecified atom stereocenters. The summed E-state index contributed by atoms with van der Waals surface area (Å²) >= 11 is 6.20. The lowest BCUT2D eigenvalue weighted by Crippen LogP contribution is -2.22. The highest BCUT2D eigenvalue weighted by molar-refractivity contribution is 7.89. The molecule has 0 radical (unpaired) electrons. The van der Waals surface area contributed by atoms with Gasteiger partial charge in [-0.2, -0.15) is 5.10 Å². The standard InChI is InChI=1S/C18H24ClFN4O2S/c1-12-16(10-15(20)7-8-21)13(2)24(22-12)11-14-5-6-18(17(19)9-14)27(25,26)23(3)4/h5-7,9H,8,10-11,21H2,1-4H3/b15-7-. The number of benzene rings is 1. The van der Waals surface area contributed by atoms with Crippen molar-refractivity contribution in [1.29, 1.82) is 0 Å². The first-order chi connectivity index (χ1) is 12.6. The maximum atomic E-state index is 13.8. The van der Waals surface area contributed by atoms with Crippen LogP contribution >= 0.6 is 11.6 Å². The van der Waals surface area contributed by atoms with Gasteiger partial charge in [-0.1, -0.05) is 17.7 Å². The first kappa shape index (κ1) is 21.6. The van der Waals surface area contributed by atoms with Gasteiger partial charge in [0, 0.05) is 38.3 Å². The van der Waals surface area contributed by atoms with Crippen molar-refractivity contribution in [2.75, 3.05) is 20.6 Å². The zero-order valence-corrected chi connectivity index (χ0v) is 17.4. The van der Waals surface area contributed by atoms with Crippen LogP contribution in [0.4, 0.5) is 4.39 Å². The Kier molecular flexibility index (Phi) is 6.80. The Morgan fingerprint density at radius 3 is 2.59 bits per heavy atom. The van der Waals surface area contributed by atoms with E-state index >= 15 is 0 Å². The SMILES string of the molecule is Cc1nn(Cc2ccc(S(=O)(=O)N(C)C)c(Cl)c2)c(C)c1C/C(F)=C/CN. The number of nitrogens with two attached hydrogens (primary N) is 1. The predicted molar refractivity (Wildman–Crippen MR) is 105 cm³/mol. The summed E-state index contributed by atoms with van der Waals surface area (Å²) in [7, 11) is -0.699. The van der Waals surface area contributed by atoms with Gasteiger partial charge in [0.05, 0.1) is 17.3 Å². The van der Waals surface area contributed by atoms with E-state index in [0.717, 1.165) is 26.8 Å². The third kappa shape index (κ3) is 4.76. The van der Waals surface area contributed by atoms with Crippen LogP contribution in [0.3, 0.4) is 0 Å². The van der Waals surface area contributed by atoms with E-state index in [4.69, 9.17) is 17.3 Å². The van der Waals surface area contributed by atoms with E-state index in [-0.39, 0.29) is 28.7 Å². The zero-order chi connectivity index (χ0) is 20.4. The summed E-state index contributed by atoms with van der Waals surface area (Å²) in [6.07, 6.45) is 1.50. The Morgan fingerprint density at radius 1 is 1.37 bits per heavy atom. The Morgan fingerprint density at radius 2 is 2.04 bits per heavy atom. The van der Waals surface area contributed by atoms with Crippen LogP contribution in [-0.2, 0) is 23.0 Å². The highest BCUT2D eigenvalue weighted by Gasteiger charge is 2.21. The highest BCUT2D eigenvalue weighted by atomic mass is 35.5. The van der Waals surface area contributed by atoms with Crippen molar-refractivity contribution >= 4 is 21.6 Å². The van der Waals surface area contributed by atoms with Gasteiger partial charge in [-0.3, -0.25) is 4.68 Å². The molecular weight excluding hydrogens is 391 g/mol. The second-order valence-corrected chi connectivity index (χ2v) is 8.95. The molecule has 0 amide bonds. The van der Waals surface area contributed by atoms with E-state index in [1.54, 1.807) is 16.8 Å². The van der Waals surface area contributed by atoms with Gasteiger partial charge in [0.15, 0.2) is 0 Å². The lowest BCUT2D eigenvalue weighted by molar-refractivity contribution is 0.520. The van der Waals surface area contributed by atoms with Gasteiger partial charge in [-0.15, -0.1) is 0 Å². The number of allylic oxidation sites excluding steroid dienone is 1. The number of halogens is 2. The molecule has 1 aromatic heterocycles. The number of aromatic nitrogens is 2. The topological polar surface area (TPSA) is 81.2 Å². The Hall–Kier alpha value is -1.74. The summed E-state index contributed by atoms with van der Waals surface area (Å²) in [4.78, 5) is 0.0565. The van der Waals surface area contributed by atoms with Crippen LogP contribution in [-0.4, -0.2) is 43.1 Å². The van der Waals surface area contributed by atoms with Crippen molar-refractivity contribution in [2.45, 2.75) is 31.7 Å². The molecule has 0 aliphatic heterocycles. The normalized spacial score (nSPS) is 12.8. The first-order valence-corrected chi connectivity index (χ1v) is 10.2. The quantitative estimate of drug-likeness (QED) is 0.755. The minimum atomic E-state index is -3.61. The van der Waals surface area contributed by atoms with Gasteiger partial charge in [0.2, 0.25) is 10.0 Å². The van der Waals surface area contributed by atoms with E-state index in [0.29, 0.717) is 6.54 Å². The summed E-state index contributed by atoms with van der Waals surface area (Å²) in [5, 5.41) is 4.62. The first-order valence-electron chi connectivity index (χ1n) is 8.36. The monoisotopic (exact) mass is 414 g/mol. The summed E-state index contributed by atoms with van der Waals surface area (Å²) in [5.74, 6) is -0.287. The Bertz CT molecular complexity index is 968. The number of aryl methyl sites for hydroxylation is 1. The minimum absolute atomic E-state index is 0.0565. The van der Waals surface area contributed by atoms with E-state index in [2.05, 4.69) is 5.10 Å². The van der Waals surface area contributed by atoms with Gasteiger partial charge < -0.3 is 5.73 Å². The maximum absolute atomic E-state index is 13.8. The molecule has 0 saturated heterocycles. The third-order valence-corrected chi connectivity index (χ3v) is 6.60. The lowest BCUT2D eigenvalue weighted by atomic mass is 10.1. The lowest BCUT2D eigenvalue weighted by Gasteiger charge is -2.14. The second-order valence-electron chi connectivity index (χ2n) is 6.42. The molecule has 0 aliphatic carbocycles. The van der Waals surface area contributed by atoms with Crippen LogP contribution in [0.1, 0.15) is 22.5 Å². The van der Waals surface area contributed by atoms with Crippen LogP contribution in [0.5, 0.6) is 0 Å². The van der Waals surface area contributed by atoms with Crippen LogP contribution < -0.4 is 5.73 Å². The molecular formula is C18H24ClFN4O2S. The minimum Gasteiger partial charge on any atom is -0.327 e.